The van der Waals surface area contributed by atoms with Gasteiger partial charge in [0.1, 0.15) is 5.82 Å². The van der Waals surface area contributed by atoms with Gasteiger partial charge in [0.15, 0.2) is 0 Å². The van der Waals surface area contributed by atoms with Gasteiger partial charge in [-0.2, -0.15) is 0 Å². The number of hydrogen-bond donors (Lipinski definition) is 2. The molecule has 0 heterocycles. The summed E-state index contributed by atoms with van der Waals surface area (Å²) in [6, 6.07) is 5.28. The van der Waals surface area contributed by atoms with E-state index in [9.17, 15) is 4.39 Å². The highest BCUT2D eigenvalue weighted by atomic mass is 79.9. The molecule has 0 bridgehead atoms. The molecule has 1 atom stereocenters. The van der Waals surface area contributed by atoms with Crippen LogP contribution in [0.2, 0.25) is 0 Å². The topological polar surface area (TPSA) is 32.3 Å². The van der Waals surface area contributed by atoms with Gasteiger partial charge in [-0.15, -0.1) is 0 Å². The second kappa shape index (κ2) is 7.09. The van der Waals surface area contributed by atoms with Crippen LogP contribution in [0.25, 0.3) is 0 Å². The molecule has 0 aliphatic rings. The molecule has 17 heavy (non-hydrogen) atoms. The van der Waals surface area contributed by atoms with Crippen LogP contribution in [0.1, 0.15) is 25.8 Å². The second-order valence-corrected chi connectivity index (χ2v) is 5.35. The van der Waals surface area contributed by atoms with E-state index in [-0.39, 0.29) is 18.5 Å². The van der Waals surface area contributed by atoms with Crippen molar-refractivity contribution >= 4 is 15.9 Å². The van der Waals surface area contributed by atoms with Crippen molar-refractivity contribution in [2.24, 2.45) is 5.92 Å². The van der Waals surface area contributed by atoms with Crippen LogP contribution in [0.5, 0.6) is 0 Å². The molecule has 0 amide bonds. The maximum atomic E-state index is 13.0. The van der Waals surface area contributed by atoms with E-state index in [4.69, 9.17) is 5.11 Å². The molecule has 1 unspecified atom stereocenters. The van der Waals surface area contributed by atoms with Gasteiger partial charge >= 0.3 is 0 Å². The molecule has 96 valence electrons. The third-order valence-corrected chi connectivity index (χ3v) is 3.40. The fourth-order valence-corrected chi connectivity index (χ4v) is 2.13. The average Bonchev–Trinajstić information content (AvgIpc) is 2.28. The highest BCUT2D eigenvalue weighted by molar-refractivity contribution is 9.10. The SMILES string of the molecule is CC(C)C(CCO)NCc1ccc(F)c(Br)c1. The average molecular weight is 304 g/mol. The third-order valence-electron chi connectivity index (χ3n) is 2.80. The lowest BCUT2D eigenvalue weighted by Gasteiger charge is -2.21. The summed E-state index contributed by atoms with van der Waals surface area (Å²) in [5.74, 6) is 0.218. The van der Waals surface area contributed by atoms with Crippen LogP contribution in [0, 0.1) is 11.7 Å². The Kier molecular flexibility index (Phi) is 6.09. The molecule has 0 spiro atoms. The minimum Gasteiger partial charge on any atom is -0.396 e. The Morgan fingerprint density at radius 1 is 1.41 bits per heavy atom. The molecule has 0 radical (unpaired) electrons. The lowest BCUT2D eigenvalue weighted by atomic mass is 10.0. The first kappa shape index (κ1) is 14.6. The Morgan fingerprint density at radius 3 is 2.65 bits per heavy atom. The smallest absolute Gasteiger partial charge is 0.137 e. The van der Waals surface area contributed by atoms with Crippen LogP contribution in [-0.4, -0.2) is 17.8 Å². The molecule has 1 aromatic rings. The fourth-order valence-electron chi connectivity index (χ4n) is 1.71. The summed E-state index contributed by atoms with van der Waals surface area (Å²) in [5, 5.41) is 12.3. The minimum atomic E-state index is -0.246. The van der Waals surface area contributed by atoms with E-state index < -0.39 is 0 Å². The first-order chi connectivity index (χ1) is 8.04. The van der Waals surface area contributed by atoms with Crippen LogP contribution in [0.4, 0.5) is 4.39 Å². The van der Waals surface area contributed by atoms with Crippen molar-refractivity contribution < 1.29 is 9.50 Å². The number of aliphatic hydroxyl groups excluding tert-OH is 1. The van der Waals surface area contributed by atoms with E-state index in [1.807, 2.05) is 0 Å². The number of benzene rings is 1. The Hall–Kier alpha value is -0.450. The van der Waals surface area contributed by atoms with Gasteiger partial charge in [-0.1, -0.05) is 19.9 Å². The summed E-state index contributed by atoms with van der Waals surface area (Å²) in [6.45, 7) is 5.10. The maximum absolute atomic E-state index is 13.0. The molecular formula is C13H19BrFNO. The quantitative estimate of drug-likeness (QED) is 0.846. The second-order valence-electron chi connectivity index (χ2n) is 4.49. The normalized spacial score (nSPS) is 13.1. The molecule has 0 aliphatic heterocycles. The number of halogens is 2. The predicted molar refractivity (Wildman–Crippen MR) is 71.3 cm³/mol. The largest absolute Gasteiger partial charge is 0.396 e. The highest BCUT2D eigenvalue weighted by Crippen LogP contribution is 2.17. The van der Waals surface area contributed by atoms with Gasteiger partial charge in [-0.3, -0.25) is 0 Å². The Bertz CT molecular complexity index is 357. The van der Waals surface area contributed by atoms with E-state index in [2.05, 4.69) is 35.1 Å². The van der Waals surface area contributed by atoms with Crippen LogP contribution in [-0.2, 0) is 6.54 Å². The number of nitrogens with one attached hydrogen (secondary N) is 1. The summed E-state index contributed by atoms with van der Waals surface area (Å²) in [6.07, 6.45) is 0.736. The van der Waals surface area contributed by atoms with Crippen LogP contribution < -0.4 is 5.32 Å². The van der Waals surface area contributed by atoms with Gasteiger partial charge in [0.25, 0.3) is 0 Å². The molecule has 2 N–H and O–H groups in total. The van der Waals surface area contributed by atoms with Crippen molar-refractivity contribution in [3.63, 3.8) is 0 Å². The molecular weight excluding hydrogens is 285 g/mol. The van der Waals surface area contributed by atoms with Gasteiger partial charge in [-0.05, 0) is 46.0 Å². The summed E-state index contributed by atoms with van der Waals surface area (Å²) < 4.78 is 13.5. The van der Waals surface area contributed by atoms with E-state index in [0.29, 0.717) is 16.9 Å². The fraction of sp³-hybridized carbons (Fsp3) is 0.538. The Labute approximate surface area is 110 Å². The van der Waals surface area contributed by atoms with E-state index in [0.717, 1.165) is 12.0 Å². The molecule has 4 heteroatoms. The van der Waals surface area contributed by atoms with Crippen molar-refractivity contribution in [2.75, 3.05) is 6.61 Å². The van der Waals surface area contributed by atoms with Crippen molar-refractivity contribution in [1.29, 1.82) is 0 Å². The lowest BCUT2D eigenvalue weighted by Crippen LogP contribution is -2.34. The lowest BCUT2D eigenvalue weighted by molar-refractivity contribution is 0.244. The van der Waals surface area contributed by atoms with Crippen molar-refractivity contribution in [3.05, 3.63) is 34.1 Å². The zero-order chi connectivity index (χ0) is 12.8. The number of aliphatic hydroxyl groups is 1. The van der Waals surface area contributed by atoms with Crippen LogP contribution in [0.15, 0.2) is 22.7 Å². The molecule has 0 saturated heterocycles. The van der Waals surface area contributed by atoms with Gasteiger partial charge < -0.3 is 10.4 Å². The first-order valence-electron chi connectivity index (χ1n) is 5.82. The van der Waals surface area contributed by atoms with Gasteiger partial charge in [0.2, 0.25) is 0 Å². The van der Waals surface area contributed by atoms with E-state index in [1.54, 1.807) is 12.1 Å². The monoisotopic (exact) mass is 303 g/mol. The van der Waals surface area contributed by atoms with Crippen LogP contribution in [0.3, 0.4) is 0 Å². The Morgan fingerprint density at radius 2 is 2.12 bits per heavy atom. The van der Waals surface area contributed by atoms with Crippen molar-refractivity contribution in [1.82, 2.24) is 5.32 Å². The summed E-state index contributed by atoms with van der Waals surface area (Å²) >= 11 is 3.17. The van der Waals surface area contributed by atoms with Crippen molar-refractivity contribution in [3.8, 4) is 0 Å². The first-order valence-corrected chi connectivity index (χ1v) is 6.62. The van der Waals surface area contributed by atoms with Gasteiger partial charge in [0, 0.05) is 19.2 Å². The predicted octanol–water partition coefficient (Wildman–Crippen LogP) is 3.08. The molecule has 0 saturated carbocycles. The molecule has 2 nitrogen and oxygen atoms in total. The standard InChI is InChI=1S/C13H19BrFNO/c1-9(2)13(5-6-17)16-8-10-3-4-12(15)11(14)7-10/h3-4,7,9,13,16-17H,5-6,8H2,1-2H3. The molecule has 1 aromatic carbocycles. The molecule has 0 aliphatic carbocycles. The number of rotatable bonds is 6. The van der Waals surface area contributed by atoms with E-state index >= 15 is 0 Å². The van der Waals surface area contributed by atoms with Gasteiger partial charge in [-0.25, -0.2) is 4.39 Å². The van der Waals surface area contributed by atoms with E-state index in [1.165, 1.54) is 6.07 Å². The Balaban J connectivity index is 2.56. The highest BCUT2D eigenvalue weighted by Gasteiger charge is 2.12. The molecule has 0 fully saturated rings. The number of hydrogen-bond acceptors (Lipinski definition) is 2. The molecule has 1 rings (SSSR count). The summed E-state index contributed by atoms with van der Waals surface area (Å²) in [7, 11) is 0. The molecule has 0 aromatic heterocycles. The minimum absolute atomic E-state index is 0.183. The summed E-state index contributed by atoms with van der Waals surface area (Å²) in [5.41, 5.74) is 1.03. The van der Waals surface area contributed by atoms with Gasteiger partial charge in [0.05, 0.1) is 4.47 Å². The maximum Gasteiger partial charge on any atom is 0.137 e. The zero-order valence-electron chi connectivity index (χ0n) is 10.2. The third kappa shape index (κ3) is 4.74. The summed E-state index contributed by atoms with van der Waals surface area (Å²) in [4.78, 5) is 0. The van der Waals surface area contributed by atoms with Crippen molar-refractivity contribution in [2.45, 2.75) is 32.9 Å². The van der Waals surface area contributed by atoms with Crippen LogP contribution >= 0.6 is 15.9 Å². The zero-order valence-corrected chi connectivity index (χ0v) is 11.8.